The lowest BCUT2D eigenvalue weighted by molar-refractivity contribution is 0.268. The van der Waals surface area contributed by atoms with Crippen molar-refractivity contribution in [1.82, 2.24) is 5.32 Å². The molecule has 1 rings (SSSR count). The summed E-state index contributed by atoms with van der Waals surface area (Å²) in [5.41, 5.74) is 0.795. The van der Waals surface area contributed by atoms with E-state index in [2.05, 4.69) is 5.32 Å². The lowest BCUT2D eigenvalue weighted by atomic mass is 10.1. The highest BCUT2D eigenvalue weighted by Gasteiger charge is 2.08. The van der Waals surface area contributed by atoms with Crippen molar-refractivity contribution < 1.29 is 14.9 Å². The summed E-state index contributed by atoms with van der Waals surface area (Å²) < 4.78 is 5.02. The molecule has 3 N–H and O–H groups in total. The van der Waals surface area contributed by atoms with Gasteiger partial charge in [-0.25, -0.2) is 0 Å². The van der Waals surface area contributed by atoms with Crippen molar-refractivity contribution in [2.45, 2.75) is 25.9 Å². The summed E-state index contributed by atoms with van der Waals surface area (Å²) in [6.07, 6.45) is 0.699. The highest BCUT2D eigenvalue weighted by Crippen LogP contribution is 2.29. The zero-order valence-electron chi connectivity index (χ0n) is 9.73. The van der Waals surface area contributed by atoms with Crippen molar-refractivity contribution in [3.63, 3.8) is 0 Å². The molecule has 4 nitrogen and oxygen atoms in total. The van der Waals surface area contributed by atoms with Crippen LogP contribution in [-0.4, -0.2) is 30.0 Å². The highest BCUT2D eigenvalue weighted by molar-refractivity contribution is 5.45. The first-order chi connectivity index (χ1) is 7.69. The normalized spacial score (nSPS) is 12.4. The quantitative estimate of drug-likeness (QED) is 0.682. The Hall–Kier alpha value is -1.26. The average molecular weight is 225 g/mol. The first-order valence-corrected chi connectivity index (χ1v) is 5.38. The van der Waals surface area contributed by atoms with E-state index in [9.17, 15) is 5.11 Å². The van der Waals surface area contributed by atoms with Crippen molar-refractivity contribution in [2.24, 2.45) is 0 Å². The van der Waals surface area contributed by atoms with Crippen molar-refractivity contribution in [3.8, 4) is 11.5 Å². The molecule has 90 valence electrons. The molecule has 0 fully saturated rings. The van der Waals surface area contributed by atoms with Crippen molar-refractivity contribution in [1.29, 1.82) is 0 Å². The summed E-state index contributed by atoms with van der Waals surface area (Å²) in [6, 6.07) is 5.62. The van der Waals surface area contributed by atoms with Crippen molar-refractivity contribution in [2.75, 3.05) is 13.7 Å². The third kappa shape index (κ3) is 3.40. The van der Waals surface area contributed by atoms with Gasteiger partial charge < -0.3 is 20.3 Å². The van der Waals surface area contributed by atoms with E-state index in [1.54, 1.807) is 6.07 Å². The fraction of sp³-hybridized carbons (Fsp3) is 0.500. The van der Waals surface area contributed by atoms with E-state index in [0.29, 0.717) is 18.7 Å². The molecule has 16 heavy (non-hydrogen) atoms. The van der Waals surface area contributed by atoms with Crippen LogP contribution in [-0.2, 0) is 6.54 Å². The maximum atomic E-state index is 9.82. The number of aromatic hydroxyl groups is 1. The lowest BCUT2D eigenvalue weighted by Gasteiger charge is -2.14. The monoisotopic (exact) mass is 225 g/mol. The molecular formula is C12H19NO3. The maximum Gasteiger partial charge on any atom is 0.162 e. The second kappa shape index (κ2) is 6.35. The van der Waals surface area contributed by atoms with Gasteiger partial charge in [0.15, 0.2) is 11.5 Å². The number of phenolic OH excluding ortho intramolecular Hbond substituents is 1. The van der Waals surface area contributed by atoms with Crippen LogP contribution in [0.5, 0.6) is 11.5 Å². The first kappa shape index (κ1) is 12.8. The molecule has 0 saturated carbocycles. The van der Waals surface area contributed by atoms with E-state index in [0.717, 1.165) is 5.56 Å². The highest BCUT2D eigenvalue weighted by atomic mass is 16.5. The minimum absolute atomic E-state index is 0.165. The summed E-state index contributed by atoms with van der Waals surface area (Å²) in [5, 5.41) is 21.8. The van der Waals surface area contributed by atoms with E-state index in [-0.39, 0.29) is 18.4 Å². The molecule has 0 spiro atoms. The van der Waals surface area contributed by atoms with Gasteiger partial charge in [-0.15, -0.1) is 0 Å². The van der Waals surface area contributed by atoms with Gasteiger partial charge in [0.05, 0.1) is 7.11 Å². The lowest BCUT2D eigenvalue weighted by Crippen LogP contribution is -2.26. The molecule has 0 aromatic heterocycles. The molecule has 1 unspecified atom stereocenters. The van der Waals surface area contributed by atoms with E-state index in [1.165, 1.54) is 7.11 Å². The minimum atomic E-state index is 0.165. The number of aliphatic hydroxyl groups is 1. The summed E-state index contributed by atoms with van der Waals surface area (Å²) in [4.78, 5) is 0. The van der Waals surface area contributed by atoms with Gasteiger partial charge in [0.2, 0.25) is 0 Å². The molecule has 0 amide bonds. The molecule has 0 aliphatic rings. The van der Waals surface area contributed by atoms with Gasteiger partial charge in [0.25, 0.3) is 0 Å². The number of rotatable bonds is 6. The summed E-state index contributed by atoms with van der Waals surface area (Å²) in [6.45, 7) is 2.72. The first-order valence-electron chi connectivity index (χ1n) is 5.38. The topological polar surface area (TPSA) is 61.7 Å². The predicted octanol–water partition coefficient (Wildman–Crippen LogP) is 1.26. The Balaban J connectivity index is 2.60. The van der Waals surface area contributed by atoms with Crippen LogP contribution >= 0.6 is 0 Å². The second-order valence-corrected chi connectivity index (χ2v) is 3.76. The standard InChI is InChI=1S/C12H19NO3/c1-9(6-7-14)13-8-10-4-3-5-11(16-2)12(10)15/h3-5,9,13-15H,6-8H2,1-2H3. The summed E-state index contributed by atoms with van der Waals surface area (Å²) in [7, 11) is 1.53. The van der Waals surface area contributed by atoms with Crippen LogP contribution in [0.15, 0.2) is 18.2 Å². The number of hydrogen-bond acceptors (Lipinski definition) is 4. The van der Waals surface area contributed by atoms with Crippen LogP contribution in [0.3, 0.4) is 0 Å². The fourth-order valence-corrected chi connectivity index (χ4v) is 1.46. The fourth-order valence-electron chi connectivity index (χ4n) is 1.46. The molecule has 1 aromatic rings. The number of phenols is 1. The van der Waals surface area contributed by atoms with Gasteiger partial charge in [-0.2, -0.15) is 0 Å². The Morgan fingerprint density at radius 3 is 2.81 bits per heavy atom. The van der Waals surface area contributed by atoms with Gasteiger partial charge in [-0.3, -0.25) is 0 Å². The van der Waals surface area contributed by atoms with Crippen LogP contribution in [0.1, 0.15) is 18.9 Å². The smallest absolute Gasteiger partial charge is 0.162 e. The maximum absolute atomic E-state index is 9.82. The predicted molar refractivity (Wildman–Crippen MR) is 62.7 cm³/mol. The zero-order chi connectivity index (χ0) is 12.0. The zero-order valence-corrected chi connectivity index (χ0v) is 9.73. The Morgan fingerprint density at radius 2 is 2.19 bits per heavy atom. The van der Waals surface area contributed by atoms with Crippen LogP contribution in [0.4, 0.5) is 0 Å². The number of ether oxygens (including phenoxy) is 1. The summed E-state index contributed by atoms with van der Waals surface area (Å²) >= 11 is 0. The number of benzene rings is 1. The van der Waals surface area contributed by atoms with Gasteiger partial charge in [-0.05, 0) is 19.4 Å². The number of hydrogen-bond donors (Lipinski definition) is 3. The van der Waals surface area contributed by atoms with Gasteiger partial charge in [0.1, 0.15) is 0 Å². The van der Waals surface area contributed by atoms with Crippen LogP contribution in [0.25, 0.3) is 0 Å². The van der Waals surface area contributed by atoms with Crippen molar-refractivity contribution >= 4 is 0 Å². The van der Waals surface area contributed by atoms with Gasteiger partial charge >= 0.3 is 0 Å². The Kier molecular flexibility index (Phi) is 5.08. The molecule has 0 aliphatic carbocycles. The number of nitrogens with one attached hydrogen (secondary N) is 1. The molecule has 0 bridgehead atoms. The third-order valence-electron chi connectivity index (χ3n) is 2.51. The molecule has 0 saturated heterocycles. The largest absolute Gasteiger partial charge is 0.504 e. The minimum Gasteiger partial charge on any atom is -0.504 e. The number of methoxy groups -OCH3 is 1. The van der Waals surface area contributed by atoms with Crippen LogP contribution < -0.4 is 10.1 Å². The van der Waals surface area contributed by atoms with Crippen LogP contribution in [0, 0.1) is 0 Å². The SMILES string of the molecule is COc1cccc(CNC(C)CCO)c1O. The molecular weight excluding hydrogens is 206 g/mol. The molecule has 0 aliphatic heterocycles. The van der Waals surface area contributed by atoms with Crippen LogP contribution in [0.2, 0.25) is 0 Å². The Labute approximate surface area is 95.9 Å². The molecule has 4 heteroatoms. The van der Waals surface area contributed by atoms with E-state index in [4.69, 9.17) is 9.84 Å². The van der Waals surface area contributed by atoms with E-state index in [1.807, 2.05) is 19.1 Å². The molecule has 1 aromatic carbocycles. The van der Waals surface area contributed by atoms with E-state index < -0.39 is 0 Å². The Bertz CT molecular complexity index is 328. The van der Waals surface area contributed by atoms with Gasteiger partial charge in [-0.1, -0.05) is 12.1 Å². The molecule has 1 atom stereocenters. The van der Waals surface area contributed by atoms with Gasteiger partial charge in [0, 0.05) is 24.8 Å². The molecule has 0 radical (unpaired) electrons. The number of para-hydroxylation sites is 1. The van der Waals surface area contributed by atoms with Crippen molar-refractivity contribution in [3.05, 3.63) is 23.8 Å². The average Bonchev–Trinajstić information content (AvgIpc) is 2.28. The summed E-state index contributed by atoms with van der Waals surface area (Å²) in [5.74, 6) is 0.655. The Morgan fingerprint density at radius 1 is 1.44 bits per heavy atom. The molecule has 0 heterocycles. The number of aliphatic hydroxyl groups excluding tert-OH is 1. The van der Waals surface area contributed by atoms with E-state index >= 15 is 0 Å². The second-order valence-electron chi connectivity index (χ2n) is 3.76. The third-order valence-corrected chi connectivity index (χ3v) is 2.51.